The largest absolute Gasteiger partial charge is 0.366 e. The van der Waals surface area contributed by atoms with Crippen LogP contribution in [0.4, 0.5) is 11.4 Å². The highest BCUT2D eigenvalue weighted by molar-refractivity contribution is 6.31. The molecule has 0 unspecified atom stereocenters. The van der Waals surface area contributed by atoms with Crippen LogP contribution in [0.25, 0.3) is 10.8 Å². The fraction of sp³-hybridized carbons (Fsp3) is 0.308. The van der Waals surface area contributed by atoms with Crippen molar-refractivity contribution in [3.63, 3.8) is 0 Å². The number of carbonyl (C=O) groups is 2. The van der Waals surface area contributed by atoms with Crippen molar-refractivity contribution in [2.45, 2.75) is 20.3 Å². The van der Waals surface area contributed by atoms with Crippen LogP contribution in [0.3, 0.4) is 0 Å². The Balaban J connectivity index is 1.50. The van der Waals surface area contributed by atoms with Crippen LogP contribution in [-0.2, 0) is 4.79 Å². The van der Waals surface area contributed by atoms with E-state index in [9.17, 15) is 9.59 Å². The number of benzene rings is 3. The van der Waals surface area contributed by atoms with E-state index in [1.165, 1.54) is 0 Å². The van der Waals surface area contributed by atoms with Crippen LogP contribution < -0.4 is 10.2 Å². The predicted molar refractivity (Wildman–Crippen MR) is 132 cm³/mol. The summed E-state index contributed by atoms with van der Waals surface area (Å²) in [6.45, 7) is 6.89. The molecule has 1 aliphatic rings. The van der Waals surface area contributed by atoms with Gasteiger partial charge in [-0.2, -0.15) is 0 Å². The molecule has 6 heteroatoms. The smallest absolute Gasteiger partial charge is 0.255 e. The number of amides is 2. The van der Waals surface area contributed by atoms with Crippen LogP contribution >= 0.6 is 11.6 Å². The van der Waals surface area contributed by atoms with Gasteiger partial charge in [-0.15, -0.1) is 0 Å². The molecule has 1 N–H and O–H groups in total. The third-order valence-electron chi connectivity index (χ3n) is 5.77. The molecule has 166 valence electrons. The minimum Gasteiger partial charge on any atom is -0.366 e. The molecule has 3 aromatic rings. The summed E-state index contributed by atoms with van der Waals surface area (Å²) in [6, 6.07) is 19.2. The number of hydrogen-bond donors (Lipinski definition) is 1. The summed E-state index contributed by atoms with van der Waals surface area (Å²) < 4.78 is 0. The molecule has 1 saturated heterocycles. The van der Waals surface area contributed by atoms with Gasteiger partial charge in [0.2, 0.25) is 5.91 Å². The molecule has 0 aliphatic carbocycles. The maximum absolute atomic E-state index is 13.0. The van der Waals surface area contributed by atoms with E-state index in [1.54, 1.807) is 6.07 Å². The van der Waals surface area contributed by atoms with Crippen LogP contribution in [0.5, 0.6) is 0 Å². The van der Waals surface area contributed by atoms with E-state index in [4.69, 9.17) is 11.6 Å². The fourth-order valence-corrected chi connectivity index (χ4v) is 4.26. The molecule has 1 aliphatic heterocycles. The number of halogens is 1. The highest BCUT2D eigenvalue weighted by Crippen LogP contribution is 2.31. The zero-order chi connectivity index (χ0) is 22.7. The monoisotopic (exact) mass is 449 g/mol. The molecule has 1 heterocycles. The summed E-state index contributed by atoms with van der Waals surface area (Å²) in [5, 5.41) is 5.72. The zero-order valence-corrected chi connectivity index (χ0v) is 19.2. The van der Waals surface area contributed by atoms with Crippen molar-refractivity contribution in [3.8, 4) is 0 Å². The number of hydrogen-bond acceptors (Lipinski definition) is 3. The van der Waals surface area contributed by atoms with Gasteiger partial charge in [0, 0.05) is 43.2 Å². The van der Waals surface area contributed by atoms with Gasteiger partial charge in [0.1, 0.15) is 0 Å². The first-order valence-electron chi connectivity index (χ1n) is 11.0. The highest BCUT2D eigenvalue weighted by atomic mass is 35.5. The second-order valence-corrected chi connectivity index (χ2v) is 9.08. The van der Waals surface area contributed by atoms with Gasteiger partial charge in [0.25, 0.3) is 5.91 Å². The van der Waals surface area contributed by atoms with Crippen LogP contribution in [0, 0.1) is 5.92 Å². The fourth-order valence-electron chi connectivity index (χ4n) is 4.08. The van der Waals surface area contributed by atoms with Crippen molar-refractivity contribution < 1.29 is 9.59 Å². The Bertz CT molecular complexity index is 1140. The molecule has 5 nitrogen and oxygen atoms in total. The third kappa shape index (κ3) is 5.05. The maximum Gasteiger partial charge on any atom is 0.255 e. The first kappa shape index (κ1) is 22.2. The van der Waals surface area contributed by atoms with Gasteiger partial charge in [-0.1, -0.05) is 55.8 Å². The molecule has 3 aromatic carbocycles. The lowest BCUT2D eigenvalue weighted by atomic mass is 10.1. The second kappa shape index (κ2) is 9.61. The Labute approximate surface area is 194 Å². The Morgan fingerprint density at radius 1 is 0.938 bits per heavy atom. The van der Waals surface area contributed by atoms with E-state index in [-0.39, 0.29) is 11.8 Å². The third-order valence-corrected chi connectivity index (χ3v) is 6.01. The van der Waals surface area contributed by atoms with Crippen molar-refractivity contribution in [2.75, 3.05) is 36.4 Å². The Kier molecular flexibility index (Phi) is 6.66. The molecular weight excluding hydrogens is 422 g/mol. The van der Waals surface area contributed by atoms with Crippen molar-refractivity contribution in [2.24, 2.45) is 5.92 Å². The highest BCUT2D eigenvalue weighted by Gasteiger charge is 2.23. The molecule has 0 spiro atoms. The number of piperazine rings is 1. The summed E-state index contributed by atoms with van der Waals surface area (Å²) >= 11 is 6.25. The molecule has 0 radical (unpaired) electrons. The number of anilines is 2. The lowest BCUT2D eigenvalue weighted by Crippen LogP contribution is -2.49. The quantitative estimate of drug-likeness (QED) is 0.564. The summed E-state index contributed by atoms with van der Waals surface area (Å²) in [7, 11) is 0. The average Bonchev–Trinajstić information content (AvgIpc) is 2.78. The Morgan fingerprint density at radius 3 is 2.38 bits per heavy atom. The number of nitrogens with one attached hydrogen (secondary N) is 1. The van der Waals surface area contributed by atoms with Gasteiger partial charge in [0.05, 0.1) is 11.4 Å². The van der Waals surface area contributed by atoms with E-state index in [0.717, 1.165) is 16.5 Å². The molecular formula is C26H28ClN3O2. The van der Waals surface area contributed by atoms with E-state index < -0.39 is 0 Å². The summed E-state index contributed by atoms with van der Waals surface area (Å²) in [5.41, 5.74) is 2.19. The van der Waals surface area contributed by atoms with Gasteiger partial charge in [0.15, 0.2) is 0 Å². The molecule has 0 saturated carbocycles. The summed E-state index contributed by atoms with van der Waals surface area (Å²) in [6.07, 6.45) is 0.577. The van der Waals surface area contributed by atoms with Crippen LogP contribution in [-0.4, -0.2) is 42.9 Å². The molecule has 2 amide bonds. The maximum atomic E-state index is 13.0. The van der Waals surface area contributed by atoms with E-state index in [0.29, 0.717) is 54.8 Å². The summed E-state index contributed by atoms with van der Waals surface area (Å²) in [4.78, 5) is 29.5. The van der Waals surface area contributed by atoms with Crippen LogP contribution in [0.15, 0.2) is 60.7 Å². The van der Waals surface area contributed by atoms with Gasteiger partial charge >= 0.3 is 0 Å². The number of fused-ring (bicyclic) bond motifs is 1. The number of carbonyl (C=O) groups excluding carboxylic acids is 2. The standard InChI is InChI=1S/C26H28ClN3O2/c1-18(2)15-25(31)30-13-11-29(12-14-30)24-10-9-22(27)17-23(24)28-26(32)21-8-7-19-5-3-4-6-20(19)16-21/h3-10,16-18H,11-15H2,1-2H3,(H,28,32). The second-order valence-electron chi connectivity index (χ2n) is 8.64. The lowest BCUT2D eigenvalue weighted by molar-refractivity contribution is -0.132. The van der Waals surface area contributed by atoms with Gasteiger partial charge in [-0.25, -0.2) is 0 Å². The molecule has 4 rings (SSSR count). The van der Waals surface area contributed by atoms with Gasteiger partial charge in [-0.05, 0) is 47.0 Å². The first-order valence-corrected chi connectivity index (χ1v) is 11.4. The molecule has 0 aromatic heterocycles. The minimum absolute atomic E-state index is 0.176. The number of nitrogens with zero attached hydrogens (tertiary/aromatic N) is 2. The first-order chi connectivity index (χ1) is 15.4. The SMILES string of the molecule is CC(C)CC(=O)N1CCN(c2ccc(Cl)cc2NC(=O)c2ccc3ccccc3c2)CC1. The van der Waals surface area contributed by atoms with Gasteiger partial charge in [-0.3, -0.25) is 9.59 Å². The van der Waals surface area contributed by atoms with Crippen LogP contribution in [0.2, 0.25) is 5.02 Å². The van der Waals surface area contributed by atoms with E-state index in [1.807, 2.05) is 59.5 Å². The zero-order valence-electron chi connectivity index (χ0n) is 18.5. The molecule has 0 atom stereocenters. The topological polar surface area (TPSA) is 52.7 Å². The van der Waals surface area contributed by atoms with Crippen molar-refractivity contribution >= 4 is 45.6 Å². The average molecular weight is 450 g/mol. The van der Waals surface area contributed by atoms with Crippen molar-refractivity contribution in [1.29, 1.82) is 0 Å². The normalized spacial score (nSPS) is 14.1. The van der Waals surface area contributed by atoms with Crippen LogP contribution in [0.1, 0.15) is 30.6 Å². The van der Waals surface area contributed by atoms with Crippen molar-refractivity contribution in [1.82, 2.24) is 4.90 Å². The lowest BCUT2D eigenvalue weighted by Gasteiger charge is -2.37. The van der Waals surface area contributed by atoms with Crippen molar-refractivity contribution in [3.05, 3.63) is 71.2 Å². The molecule has 32 heavy (non-hydrogen) atoms. The predicted octanol–water partition coefficient (Wildman–Crippen LogP) is 5.44. The minimum atomic E-state index is -0.176. The van der Waals surface area contributed by atoms with E-state index in [2.05, 4.69) is 24.1 Å². The Morgan fingerprint density at radius 2 is 1.66 bits per heavy atom. The number of rotatable bonds is 5. The van der Waals surface area contributed by atoms with Gasteiger partial charge < -0.3 is 15.1 Å². The van der Waals surface area contributed by atoms with E-state index >= 15 is 0 Å². The Hall–Kier alpha value is -3.05. The molecule has 0 bridgehead atoms. The molecule has 1 fully saturated rings. The summed E-state index contributed by atoms with van der Waals surface area (Å²) in [5.74, 6) is 0.388.